The Morgan fingerprint density at radius 1 is 0.261 bits per heavy atom. The van der Waals surface area contributed by atoms with Crippen LogP contribution in [0.4, 0.5) is 0 Å². The molecule has 0 saturated heterocycles. The molecule has 0 aromatic rings. The van der Waals surface area contributed by atoms with E-state index in [1.165, 1.54) is 103 Å². The number of phosphoric ester groups is 2. The minimum atomic E-state index is -4.95. The van der Waals surface area contributed by atoms with E-state index in [0.717, 1.165) is 180 Å². The van der Waals surface area contributed by atoms with Gasteiger partial charge in [0.05, 0.1) is 26.4 Å². The van der Waals surface area contributed by atoms with Crippen molar-refractivity contribution in [1.29, 1.82) is 0 Å². The highest BCUT2D eigenvalue weighted by atomic mass is 31.2. The predicted octanol–water partition coefficient (Wildman–Crippen LogP) is 26.3. The zero-order valence-corrected chi connectivity index (χ0v) is 71.4. The summed E-state index contributed by atoms with van der Waals surface area (Å²) in [6, 6.07) is 0. The molecule has 0 heterocycles. The Morgan fingerprint density at radius 3 is 0.757 bits per heavy atom. The van der Waals surface area contributed by atoms with Crippen LogP contribution in [0.3, 0.4) is 0 Å². The fourth-order valence-electron chi connectivity index (χ4n) is 11.4. The molecular weight excluding hydrogens is 1430 g/mol. The summed E-state index contributed by atoms with van der Waals surface area (Å²) in [5, 5.41) is 20.7. The van der Waals surface area contributed by atoms with E-state index in [0.29, 0.717) is 19.3 Å². The van der Waals surface area contributed by atoms with Gasteiger partial charge in [-0.05, 0) is 154 Å². The van der Waals surface area contributed by atoms with Crippen molar-refractivity contribution < 1.29 is 75.8 Å². The third-order valence-corrected chi connectivity index (χ3v) is 19.8. The van der Waals surface area contributed by atoms with E-state index in [4.69, 9.17) is 32.3 Å². The van der Waals surface area contributed by atoms with Gasteiger partial charge in [-0.1, -0.05) is 339 Å². The summed E-state index contributed by atoms with van der Waals surface area (Å²) < 4.78 is 61.4. The molecule has 0 bridgehead atoms. The number of allylic oxidation sites excluding steroid dienone is 28. The van der Waals surface area contributed by atoms with Crippen molar-refractivity contribution in [3.05, 3.63) is 170 Å². The second kappa shape index (κ2) is 84.3. The molecule has 634 valence electrons. The average Bonchev–Trinajstić information content (AvgIpc) is 0.900. The monoisotopic (exact) mass is 1590 g/mol. The molecule has 5 unspecified atom stereocenters. The largest absolute Gasteiger partial charge is 0.472 e. The van der Waals surface area contributed by atoms with Gasteiger partial charge >= 0.3 is 33.6 Å². The number of unbranched alkanes of at least 4 members (excludes halogenated alkanes) is 30. The molecule has 0 radical (unpaired) electrons. The number of aliphatic hydroxyl groups is 2. The van der Waals surface area contributed by atoms with E-state index in [1.54, 1.807) is 0 Å². The van der Waals surface area contributed by atoms with E-state index in [9.17, 15) is 43.5 Å². The van der Waals surface area contributed by atoms with Gasteiger partial charge in [-0.3, -0.25) is 32.5 Å². The zero-order valence-electron chi connectivity index (χ0n) is 69.6. The molecule has 0 aliphatic heterocycles. The molecule has 4 N–H and O–H groups in total. The van der Waals surface area contributed by atoms with Gasteiger partial charge in [-0.25, -0.2) is 9.13 Å². The van der Waals surface area contributed by atoms with Crippen molar-refractivity contribution in [3.63, 3.8) is 0 Å². The summed E-state index contributed by atoms with van der Waals surface area (Å²) >= 11 is 0. The number of carbonyl (C=O) groups is 3. The molecule has 0 aliphatic carbocycles. The van der Waals surface area contributed by atoms with Crippen LogP contribution < -0.4 is 0 Å². The van der Waals surface area contributed by atoms with Gasteiger partial charge in [0.2, 0.25) is 0 Å². The quantitative estimate of drug-likeness (QED) is 0.0146. The molecule has 0 saturated carbocycles. The SMILES string of the molecule is CC/C=C\C/C=C\C/C=C\C/C=C\C/C=C\CCCCCCCCCCCC(=O)OCC(O)COP(=O)(O)OCC(O)COP(=O)(O)OCC(COC(=O)CCCCCCCCCCC/C=C\C/C=C\C/C=C\C/C=C\C/C=C\CC)OC(=O)CCCCCCCCCCC/C=C\C/C=C\C/C=C\C/C=C\CCCCC. The van der Waals surface area contributed by atoms with Crippen molar-refractivity contribution in [3.8, 4) is 0 Å². The molecule has 0 fully saturated rings. The van der Waals surface area contributed by atoms with E-state index >= 15 is 0 Å². The Balaban J connectivity index is 4.72. The van der Waals surface area contributed by atoms with Crippen LogP contribution in [0.5, 0.6) is 0 Å². The van der Waals surface area contributed by atoms with Gasteiger partial charge in [0.1, 0.15) is 25.4 Å². The normalized spacial score (nSPS) is 14.7. The number of rotatable bonds is 81. The van der Waals surface area contributed by atoms with E-state index in [1.807, 2.05) is 0 Å². The number of aliphatic hydroxyl groups excluding tert-OH is 2. The molecule has 0 amide bonds. The molecule has 5 atom stereocenters. The van der Waals surface area contributed by atoms with Gasteiger partial charge in [0.25, 0.3) is 0 Å². The number of carbonyl (C=O) groups excluding carboxylic acids is 3. The first kappa shape index (κ1) is 106. The fourth-order valence-corrected chi connectivity index (χ4v) is 13.0. The standard InChI is InChI=1S/C93H156O16P2/c1-4-7-10-13-16-19-22-25-28-31-34-37-40-43-46-49-52-55-58-61-64-67-70-73-76-79-91(96)103-82-88(94)83-105-110(99,100)106-84-89(95)85-107-111(101,102)108-87-90(109-93(98)81-78-75-72-69-66-63-60-57-54-51-48-45-42-39-36-33-30-27-24-21-18-15-12-9-6-3)86-104-92(97)80-77-74-71-68-65-62-59-56-53-50-47-44-41-38-35-32-29-26-23-20-17-14-11-8-5-2/h7-8,10-11,16-21,25-30,34-39,43-48,88-90,94-95H,4-6,9,12-15,22-24,31-33,40-42,49-87H2,1-3H3,(H,99,100)(H,101,102)/b10-7-,11-8-,19-16-,20-17-,21-18-,28-25-,29-26-,30-27-,37-34-,38-35-,39-36-,46-43-,47-44-,48-45-. The molecule has 0 spiro atoms. The third kappa shape index (κ3) is 85.6. The minimum Gasteiger partial charge on any atom is -0.463 e. The van der Waals surface area contributed by atoms with Crippen LogP contribution in [0.2, 0.25) is 0 Å². The number of phosphoric acid groups is 2. The first-order valence-corrected chi connectivity index (χ1v) is 46.4. The van der Waals surface area contributed by atoms with Crippen LogP contribution in [0, 0.1) is 0 Å². The van der Waals surface area contributed by atoms with Gasteiger partial charge < -0.3 is 34.2 Å². The van der Waals surface area contributed by atoms with Gasteiger partial charge in [-0.15, -0.1) is 0 Å². The maximum absolute atomic E-state index is 13.1. The molecule has 0 aromatic heterocycles. The summed E-state index contributed by atoms with van der Waals surface area (Å²) in [7, 11) is -9.82. The van der Waals surface area contributed by atoms with E-state index in [2.05, 4.69) is 191 Å². The lowest BCUT2D eigenvalue weighted by Gasteiger charge is -2.21. The summed E-state index contributed by atoms with van der Waals surface area (Å²) in [5.41, 5.74) is 0. The minimum absolute atomic E-state index is 0.0907. The van der Waals surface area contributed by atoms with Crippen LogP contribution >= 0.6 is 15.6 Å². The Morgan fingerprint density at radius 2 is 0.477 bits per heavy atom. The smallest absolute Gasteiger partial charge is 0.463 e. The van der Waals surface area contributed by atoms with Crippen molar-refractivity contribution in [2.45, 2.75) is 360 Å². The lowest BCUT2D eigenvalue weighted by molar-refractivity contribution is -0.161. The van der Waals surface area contributed by atoms with Crippen molar-refractivity contribution >= 4 is 33.6 Å². The lowest BCUT2D eigenvalue weighted by atomic mass is 10.1. The molecule has 18 heteroatoms. The zero-order chi connectivity index (χ0) is 80.8. The highest BCUT2D eigenvalue weighted by molar-refractivity contribution is 7.47. The van der Waals surface area contributed by atoms with Crippen LogP contribution in [0.15, 0.2) is 170 Å². The lowest BCUT2D eigenvalue weighted by Crippen LogP contribution is -2.30. The summed E-state index contributed by atoms with van der Waals surface area (Å²) in [5.74, 6) is -1.59. The van der Waals surface area contributed by atoms with Crippen LogP contribution in [-0.4, -0.2) is 95.9 Å². The molecule has 16 nitrogen and oxygen atoms in total. The number of esters is 3. The van der Waals surface area contributed by atoms with E-state index < -0.39 is 91.5 Å². The van der Waals surface area contributed by atoms with Crippen LogP contribution in [0.25, 0.3) is 0 Å². The fraction of sp³-hybridized carbons (Fsp3) is 0.667. The molecule has 111 heavy (non-hydrogen) atoms. The van der Waals surface area contributed by atoms with Gasteiger partial charge in [0.15, 0.2) is 6.10 Å². The maximum Gasteiger partial charge on any atom is 0.472 e. The van der Waals surface area contributed by atoms with Gasteiger partial charge in [-0.2, -0.15) is 0 Å². The predicted molar refractivity (Wildman–Crippen MR) is 463 cm³/mol. The first-order valence-electron chi connectivity index (χ1n) is 43.4. The second-order valence-corrected chi connectivity index (χ2v) is 31.5. The summed E-state index contributed by atoms with van der Waals surface area (Å²) in [4.78, 5) is 58.9. The average molecular weight is 1590 g/mol. The Kier molecular flexibility index (Phi) is 80.4. The molecule has 0 rings (SSSR count). The number of hydrogen-bond donors (Lipinski definition) is 4. The highest BCUT2D eigenvalue weighted by Crippen LogP contribution is 2.45. The van der Waals surface area contributed by atoms with E-state index in [-0.39, 0.29) is 19.3 Å². The van der Waals surface area contributed by atoms with Crippen molar-refractivity contribution in [1.82, 2.24) is 0 Å². The van der Waals surface area contributed by atoms with Crippen molar-refractivity contribution in [2.24, 2.45) is 0 Å². The number of hydrogen-bond acceptors (Lipinski definition) is 14. The summed E-state index contributed by atoms with van der Waals surface area (Å²) in [6.07, 6.45) is 108. The van der Waals surface area contributed by atoms with Crippen molar-refractivity contribution in [2.75, 3.05) is 39.6 Å². The Hall–Kier alpha value is -5.09. The maximum atomic E-state index is 13.1. The Bertz CT molecular complexity index is 2700. The molecular formula is C93H156O16P2. The second-order valence-electron chi connectivity index (χ2n) is 28.6. The van der Waals surface area contributed by atoms with Gasteiger partial charge in [0, 0.05) is 19.3 Å². The summed E-state index contributed by atoms with van der Waals surface area (Å²) in [6.45, 7) is 2.43. The third-order valence-electron chi connectivity index (χ3n) is 17.9. The number of ether oxygens (including phenoxy) is 3. The first-order chi connectivity index (χ1) is 54.2. The van der Waals surface area contributed by atoms with Crippen LogP contribution in [-0.2, 0) is 55.8 Å². The van der Waals surface area contributed by atoms with Crippen LogP contribution in [0.1, 0.15) is 342 Å². The topological polar surface area (TPSA) is 231 Å². The molecule has 0 aromatic carbocycles. The molecule has 0 aliphatic rings. The highest BCUT2D eigenvalue weighted by Gasteiger charge is 2.29. The Labute approximate surface area is 675 Å².